The predicted molar refractivity (Wildman–Crippen MR) is 133 cm³/mol. The van der Waals surface area contributed by atoms with Gasteiger partial charge in [-0.3, -0.25) is 0 Å². The molecular weight excluding hydrogens is 455 g/mol. The van der Waals surface area contributed by atoms with Crippen LogP contribution in [0.5, 0.6) is 11.6 Å². The number of aromatic nitrogens is 1. The number of fused-ring (bicyclic) bond motifs is 2. The van der Waals surface area contributed by atoms with Crippen molar-refractivity contribution >= 4 is 28.8 Å². The molecule has 0 aliphatic carbocycles. The van der Waals surface area contributed by atoms with E-state index in [4.69, 9.17) is 27.9 Å². The van der Waals surface area contributed by atoms with Crippen molar-refractivity contribution in [2.24, 2.45) is 0 Å². The Morgan fingerprint density at radius 1 is 1.03 bits per heavy atom. The molecule has 2 aromatic carbocycles. The van der Waals surface area contributed by atoms with E-state index in [1.54, 1.807) is 6.20 Å². The highest BCUT2D eigenvalue weighted by Gasteiger charge is 2.33. The number of allylic oxidation sites excluding steroid dienone is 1. The number of rotatable bonds is 4. The predicted octanol–water partition coefficient (Wildman–Crippen LogP) is 6.49. The van der Waals surface area contributed by atoms with E-state index in [2.05, 4.69) is 22.0 Å². The molecule has 2 aliphatic heterocycles. The van der Waals surface area contributed by atoms with Crippen molar-refractivity contribution in [3.05, 3.63) is 93.6 Å². The molecule has 0 unspecified atom stereocenters. The molecule has 170 valence electrons. The van der Waals surface area contributed by atoms with Gasteiger partial charge in [-0.2, -0.15) is 0 Å². The first kappa shape index (κ1) is 22.4. The molecule has 6 heteroatoms. The van der Waals surface area contributed by atoms with Crippen molar-refractivity contribution in [3.8, 4) is 11.6 Å². The maximum Gasteiger partial charge on any atom is 0.226 e. The lowest BCUT2D eigenvalue weighted by Crippen LogP contribution is -2.42. The van der Waals surface area contributed by atoms with Crippen LogP contribution in [0.1, 0.15) is 36.0 Å². The van der Waals surface area contributed by atoms with Crippen LogP contribution < -0.4 is 4.74 Å². The summed E-state index contributed by atoms with van der Waals surface area (Å²) in [6.07, 6.45) is 7.08. The quantitative estimate of drug-likeness (QED) is 0.463. The lowest BCUT2D eigenvalue weighted by Gasteiger charge is -2.38. The molecule has 2 aliphatic rings. The van der Waals surface area contributed by atoms with E-state index >= 15 is 0 Å². The van der Waals surface area contributed by atoms with Crippen LogP contribution in [0, 0.1) is 0 Å². The van der Waals surface area contributed by atoms with E-state index in [0.29, 0.717) is 22.3 Å². The number of aliphatic hydroxyl groups is 1. The molecular formula is C27H26Cl2N2O2. The third-order valence-electron chi connectivity index (χ3n) is 6.67. The van der Waals surface area contributed by atoms with Crippen molar-refractivity contribution in [3.63, 3.8) is 0 Å². The molecule has 0 atom stereocenters. The van der Waals surface area contributed by atoms with Crippen LogP contribution in [0.15, 0.2) is 66.9 Å². The van der Waals surface area contributed by atoms with Crippen LogP contribution >= 0.6 is 23.2 Å². The van der Waals surface area contributed by atoms with Crippen LogP contribution in [0.3, 0.4) is 0 Å². The molecule has 3 aromatic rings. The fraction of sp³-hybridized carbons (Fsp3) is 0.296. The average molecular weight is 481 g/mol. The van der Waals surface area contributed by atoms with Crippen molar-refractivity contribution in [1.82, 2.24) is 9.88 Å². The van der Waals surface area contributed by atoms with Gasteiger partial charge >= 0.3 is 0 Å². The van der Waals surface area contributed by atoms with E-state index in [0.717, 1.165) is 61.3 Å². The highest BCUT2D eigenvalue weighted by molar-refractivity contribution is 6.31. The SMILES string of the molecule is OC1(c2ccc(Cl)cc2)CCN(CC/C=C2/Cc3c(Cl)cccc3Oc3ncccc32)CC1. The van der Waals surface area contributed by atoms with Crippen molar-refractivity contribution in [2.45, 2.75) is 31.3 Å². The third-order valence-corrected chi connectivity index (χ3v) is 7.27. The number of hydrogen-bond acceptors (Lipinski definition) is 4. The molecule has 0 radical (unpaired) electrons. The van der Waals surface area contributed by atoms with Gasteiger partial charge in [0.15, 0.2) is 0 Å². The molecule has 1 saturated heterocycles. The van der Waals surface area contributed by atoms with Crippen molar-refractivity contribution < 1.29 is 9.84 Å². The van der Waals surface area contributed by atoms with Gasteiger partial charge in [-0.15, -0.1) is 0 Å². The van der Waals surface area contributed by atoms with E-state index < -0.39 is 5.60 Å². The molecule has 0 saturated carbocycles. The topological polar surface area (TPSA) is 45.6 Å². The number of nitrogens with zero attached hydrogens (tertiary/aromatic N) is 2. The Morgan fingerprint density at radius 3 is 2.61 bits per heavy atom. The Bertz CT molecular complexity index is 1170. The summed E-state index contributed by atoms with van der Waals surface area (Å²) in [5.74, 6) is 1.39. The van der Waals surface area contributed by atoms with E-state index in [9.17, 15) is 5.11 Å². The molecule has 1 N–H and O–H groups in total. The lowest BCUT2D eigenvalue weighted by atomic mass is 9.84. The zero-order chi connectivity index (χ0) is 22.8. The maximum atomic E-state index is 11.1. The van der Waals surface area contributed by atoms with Gasteiger partial charge in [-0.1, -0.05) is 47.5 Å². The maximum absolute atomic E-state index is 11.1. The van der Waals surface area contributed by atoms with Crippen LogP contribution in [0.4, 0.5) is 0 Å². The molecule has 3 heterocycles. The number of likely N-dealkylation sites (tertiary alicyclic amines) is 1. The molecule has 5 rings (SSSR count). The smallest absolute Gasteiger partial charge is 0.226 e. The van der Waals surface area contributed by atoms with Gasteiger partial charge in [0, 0.05) is 53.4 Å². The summed E-state index contributed by atoms with van der Waals surface area (Å²) in [6, 6.07) is 17.3. The zero-order valence-electron chi connectivity index (χ0n) is 18.3. The second-order valence-electron chi connectivity index (χ2n) is 8.75. The Morgan fingerprint density at radius 2 is 1.82 bits per heavy atom. The monoisotopic (exact) mass is 480 g/mol. The zero-order valence-corrected chi connectivity index (χ0v) is 19.8. The summed E-state index contributed by atoms with van der Waals surface area (Å²) in [7, 11) is 0. The summed E-state index contributed by atoms with van der Waals surface area (Å²) in [5, 5.41) is 12.5. The van der Waals surface area contributed by atoms with Gasteiger partial charge in [0.1, 0.15) is 5.75 Å². The minimum absolute atomic E-state index is 0.621. The Hall–Kier alpha value is -2.37. The highest BCUT2D eigenvalue weighted by Crippen LogP contribution is 2.40. The van der Waals surface area contributed by atoms with E-state index in [1.165, 1.54) is 5.57 Å². The van der Waals surface area contributed by atoms with Crippen LogP contribution in [-0.2, 0) is 12.0 Å². The fourth-order valence-electron chi connectivity index (χ4n) is 4.71. The van der Waals surface area contributed by atoms with Gasteiger partial charge in [0.2, 0.25) is 5.88 Å². The number of halogens is 2. The number of piperidine rings is 1. The Balaban J connectivity index is 1.27. The molecule has 0 spiro atoms. The third kappa shape index (κ3) is 4.80. The van der Waals surface area contributed by atoms with E-state index in [-0.39, 0.29) is 0 Å². The Kier molecular flexibility index (Phi) is 6.44. The molecule has 0 amide bonds. The first-order valence-electron chi connectivity index (χ1n) is 11.3. The summed E-state index contributed by atoms with van der Waals surface area (Å²) in [5.41, 5.74) is 3.37. The van der Waals surface area contributed by atoms with Gasteiger partial charge < -0.3 is 14.7 Å². The van der Waals surface area contributed by atoms with Gasteiger partial charge in [0.05, 0.1) is 5.60 Å². The van der Waals surface area contributed by atoms with Crippen molar-refractivity contribution in [2.75, 3.05) is 19.6 Å². The van der Waals surface area contributed by atoms with Gasteiger partial charge in [0.25, 0.3) is 0 Å². The number of hydrogen-bond donors (Lipinski definition) is 1. The van der Waals surface area contributed by atoms with Gasteiger partial charge in [-0.25, -0.2) is 4.98 Å². The summed E-state index contributed by atoms with van der Waals surface area (Å²) >= 11 is 12.5. The van der Waals surface area contributed by atoms with E-state index in [1.807, 2.05) is 48.5 Å². The Labute approximate surface area is 204 Å². The van der Waals surface area contributed by atoms with Crippen molar-refractivity contribution in [1.29, 1.82) is 0 Å². The standard InChI is InChI=1S/C27H26Cl2N2O2/c28-21-10-8-20(9-11-21)27(32)12-16-31(17-13-27)15-3-4-19-18-23-24(29)6-1-7-25(23)33-26-22(19)5-2-14-30-26/h1-2,4-11,14,32H,3,12-13,15-18H2/b19-4-. The molecule has 4 nitrogen and oxygen atoms in total. The minimum Gasteiger partial charge on any atom is -0.438 e. The van der Waals surface area contributed by atoms with Crippen LogP contribution in [0.25, 0.3) is 5.57 Å². The minimum atomic E-state index is -0.775. The van der Waals surface area contributed by atoms with Gasteiger partial charge in [-0.05, 0) is 66.8 Å². The normalized spacial score (nSPS) is 18.8. The largest absolute Gasteiger partial charge is 0.438 e. The summed E-state index contributed by atoms with van der Waals surface area (Å²) in [6.45, 7) is 2.66. The highest BCUT2D eigenvalue weighted by atomic mass is 35.5. The fourth-order valence-corrected chi connectivity index (χ4v) is 5.07. The van der Waals surface area contributed by atoms with Crippen LogP contribution in [0.2, 0.25) is 10.0 Å². The first-order chi connectivity index (χ1) is 16.0. The number of ether oxygens (including phenoxy) is 1. The lowest BCUT2D eigenvalue weighted by molar-refractivity contribution is -0.0254. The summed E-state index contributed by atoms with van der Waals surface area (Å²) < 4.78 is 6.10. The average Bonchev–Trinajstić information content (AvgIpc) is 2.98. The second kappa shape index (κ2) is 9.47. The second-order valence-corrected chi connectivity index (χ2v) is 9.59. The molecule has 0 bridgehead atoms. The molecule has 33 heavy (non-hydrogen) atoms. The molecule has 1 aromatic heterocycles. The first-order valence-corrected chi connectivity index (χ1v) is 12.1. The molecule has 1 fully saturated rings. The summed E-state index contributed by atoms with van der Waals surface area (Å²) in [4.78, 5) is 6.87. The number of pyridine rings is 1. The number of benzene rings is 2. The van der Waals surface area contributed by atoms with Crippen LogP contribution in [-0.4, -0.2) is 34.6 Å².